The number of aryl methyl sites for hydroxylation is 1. The summed E-state index contributed by atoms with van der Waals surface area (Å²) in [6.45, 7) is 2.53. The number of carboxylic acid groups (broad SMARTS) is 1. The van der Waals surface area contributed by atoms with E-state index in [9.17, 15) is 9.90 Å². The zero-order valence-electron chi connectivity index (χ0n) is 14.2. The zero-order chi connectivity index (χ0) is 17.4. The molecule has 4 rings (SSSR count). The van der Waals surface area contributed by atoms with E-state index < -0.39 is 5.97 Å². The van der Waals surface area contributed by atoms with Gasteiger partial charge < -0.3 is 9.52 Å². The van der Waals surface area contributed by atoms with Crippen LogP contribution in [0.25, 0.3) is 11.0 Å². The molecular formula is C19H21N3O3. The molecule has 2 aromatic heterocycles. The van der Waals surface area contributed by atoms with Crippen LogP contribution in [0.3, 0.4) is 0 Å². The molecule has 130 valence electrons. The quantitative estimate of drug-likeness (QED) is 0.790. The SMILES string of the molecule is Cn1cc(C(=O)O)c(C2CCCN(Cc3cc4ccccc4o3)C2)n1. The Morgan fingerprint density at radius 1 is 1.40 bits per heavy atom. The molecule has 6 nitrogen and oxygen atoms in total. The van der Waals surface area contributed by atoms with Crippen LogP contribution >= 0.6 is 0 Å². The molecule has 1 N–H and O–H groups in total. The Morgan fingerprint density at radius 2 is 2.24 bits per heavy atom. The molecular weight excluding hydrogens is 318 g/mol. The summed E-state index contributed by atoms with van der Waals surface area (Å²) in [5, 5.41) is 14.9. The molecule has 1 unspecified atom stereocenters. The summed E-state index contributed by atoms with van der Waals surface area (Å²) in [4.78, 5) is 13.8. The Hall–Kier alpha value is -2.60. The summed E-state index contributed by atoms with van der Waals surface area (Å²) >= 11 is 0. The summed E-state index contributed by atoms with van der Waals surface area (Å²) in [5.41, 5.74) is 1.92. The van der Waals surface area contributed by atoms with Gasteiger partial charge in [0, 0.05) is 31.1 Å². The van der Waals surface area contributed by atoms with Crippen molar-refractivity contribution in [3.63, 3.8) is 0 Å². The molecule has 0 saturated carbocycles. The standard InChI is InChI=1S/C19H21N3O3/c1-21-12-16(19(23)24)18(20-21)14-6-4-8-22(10-14)11-15-9-13-5-2-3-7-17(13)25-15/h2-3,5,7,9,12,14H,4,6,8,10-11H2,1H3,(H,23,24). The Labute approximate surface area is 145 Å². The Bertz CT molecular complexity index is 879. The summed E-state index contributed by atoms with van der Waals surface area (Å²) in [5.74, 6) is 0.185. The minimum Gasteiger partial charge on any atom is -0.478 e. The van der Waals surface area contributed by atoms with Gasteiger partial charge in [-0.05, 0) is 31.5 Å². The lowest BCUT2D eigenvalue weighted by Crippen LogP contribution is -2.34. The van der Waals surface area contributed by atoms with Crippen molar-refractivity contribution in [1.29, 1.82) is 0 Å². The predicted molar refractivity (Wildman–Crippen MR) is 93.6 cm³/mol. The second-order valence-electron chi connectivity index (χ2n) is 6.73. The number of rotatable bonds is 4. The van der Waals surface area contributed by atoms with E-state index in [0.29, 0.717) is 11.3 Å². The van der Waals surface area contributed by atoms with E-state index in [1.54, 1.807) is 17.9 Å². The van der Waals surface area contributed by atoms with Gasteiger partial charge in [-0.3, -0.25) is 9.58 Å². The molecule has 1 aliphatic rings. The largest absolute Gasteiger partial charge is 0.478 e. The Kier molecular flexibility index (Phi) is 4.05. The van der Waals surface area contributed by atoms with Crippen molar-refractivity contribution in [3.05, 3.63) is 53.5 Å². The highest BCUT2D eigenvalue weighted by Gasteiger charge is 2.28. The average Bonchev–Trinajstić information content (AvgIpc) is 3.18. The number of fused-ring (bicyclic) bond motifs is 1. The molecule has 0 amide bonds. The molecule has 6 heteroatoms. The number of hydrogen-bond acceptors (Lipinski definition) is 4. The van der Waals surface area contributed by atoms with Gasteiger partial charge in [0.05, 0.1) is 12.2 Å². The maximum absolute atomic E-state index is 11.5. The van der Waals surface area contributed by atoms with E-state index >= 15 is 0 Å². The molecule has 0 radical (unpaired) electrons. The molecule has 0 bridgehead atoms. The monoisotopic (exact) mass is 339 g/mol. The van der Waals surface area contributed by atoms with Gasteiger partial charge >= 0.3 is 5.97 Å². The molecule has 1 aliphatic heterocycles. The molecule has 1 fully saturated rings. The molecule has 1 atom stereocenters. The highest BCUT2D eigenvalue weighted by Crippen LogP contribution is 2.30. The van der Waals surface area contributed by atoms with Crippen molar-refractivity contribution in [2.45, 2.75) is 25.3 Å². The lowest BCUT2D eigenvalue weighted by atomic mass is 9.92. The van der Waals surface area contributed by atoms with Crippen LogP contribution in [0.15, 0.2) is 40.9 Å². The second kappa shape index (κ2) is 6.37. The van der Waals surface area contributed by atoms with Gasteiger partial charge in [0.2, 0.25) is 0 Å². The maximum Gasteiger partial charge on any atom is 0.339 e. The van der Waals surface area contributed by atoms with Gasteiger partial charge in [0.1, 0.15) is 16.9 Å². The number of aromatic nitrogens is 2. The number of benzene rings is 1. The first-order valence-corrected chi connectivity index (χ1v) is 8.57. The van der Waals surface area contributed by atoms with Crippen molar-refractivity contribution in [2.24, 2.45) is 7.05 Å². The highest BCUT2D eigenvalue weighted by molar-refractivity contribution is 5.88. The number of nitrogens with zero attached hydrogens (tertiary/aromatic N) is 3. The van der Waals surface area contributed by atoms with Crippen molar-refractivity contribution in [1.82, 2.24) is 14.7 Å². The van der Waals surface area contributed by atoms with Crippen LogP contribution in [0.2, 0.25) is 0 Å². The topological polar surface area (TPSA) is 71.5 Å². The fraction of sp³-hybridized carbons (Fsp3) is 0.368. The summed E-state index contributed by atoms with van der Waals surface area (Å²) < 4.78 is 7.52. The normalized spacial score (nSPS) is 18.7. The van der Waals surface area contributed by atoms with E-state index in [4.69, 9.17) is 4.42 Å². The van der Waals surface area contributed by atoms with Gasteiger partial charge in [-0.15, -0.1) is 0 Å². The van der Waals surface area contributed by atoms with Crippen molar-refractivity contribution < 1.29 is 14.3 Å². The molecule has 3 aromatic rings. The van der Waals surface area contributed by atoms with Crippen LogP contribution in [0.4, 0.5) is 0 Å². The van der Waals surface area contributed by atoms with Crippen molar-refractivity contribution in [3.8, 4) is 0 Å². The number of carbonyl (C=O) groups is 1. The first kappa shape index (κ1) is 15.9. The number of piperidine rings is 1. The summed E-state index contributed by atoms with van der Waals surface area (Å²) in [6, 6.07) is 10.1. The second-order valence-corrected chi connectivity index (χ2v) is 6.73. The van der Waals surface area contributed by atoms with Crippen LogP contribution in [0.1, 0.15) is 40.6 Å². The number of carboxylic acids is 1. The lowest BCUT2D eigenvalue weighted by Gasteiger charge is -2.31. The summed E-state index contributed by atoms with van der Waals surface area (Å²) in [7, 11) is 1.77. The van der Waals surface area contributed by atoms with Crippen LogP contribution < -0.4 is 0 Å². The zero-order valence-corrected chi connectivity index (χ0v) is 14.2. The minimum absolute atomic E-state index is 0.144. The molecule has 3 heterocycles. The Balaban J connectivity index is 1.52. The third kappa shape index (κ3) is 3.17. The van der Waals surface area contributed by atoms with Gasteiger partial charge in [-0.2, -0.15) is 5.10 Å². The van der Waals surface area contributed by atoms with E-state index in [2.05, 4.69) is 16.1 Å². The molecule has 25 heavy (non-hydrogen) atoms. The minimum atomic E-state index is -0.905. The number of likely N-dealkylation sites (tertiary alicyclic amines) is 1. The van der Waals surface area contributed by atoms with Crippen LogP contribution in [-0.4, -0.2) is 38.8 Å². The average molecular weight is 339 g/mol. The number of furan rings is 1. The molecule has 0 aliphatic carbocycles. The first-order chi connectivity index (χ1) is 12.1. The number of para-hydroxylation sites is 1. The molecule has 1 saturated heterocycles. The third-order valence-corrected chi connectivity index (χ3v) is 4.84. The van der Waals surface area contributed by atoms with Crippen LogP contribution in [0, 0.1) is 0 Å². The van der Waals surface area contributed by atoms with Crippen molar-refractivity contribution in [2.75, 3.05) is 13.1 Å². The van der Waals surface area contributed by atoms with Gasteiger partial charge in [0.15, 0.2) is 0 Å². The first-order valence-electron chi connectivity index (χ1n) is 8.57. The molecule has 0 spiro atoms. The van der Waals surface area contributed by atoms with Crippen LogP contribution in [0.5, 0.6) is 0 Å². The van der Waals surface area contributed by atoms with E-state index in [-0.39, 0.29) is 5.92 Å². The van der Waals surface area contributed by atoms with Gasteiger partial charge in [-0.25, -0.2) is 4.79 Å². The molecule has 1 aromatic carbocycles. The van der Waals surface area contributed by atoms with Crippen LogP contribution in [-0.2, 0) is 13.6 Å². The number of aromatic carboxylic acids is 1. The van der Waals surface area contributed by atoms with Gasteiger partial charge in [0.25, 0.3) is 0 Å². The predicted octanol–water partition coefficient (Wildman–Crippen LogP) is 3.24. The maximum atomic E-state index is 11.5. The highest BCUT2D eigenvalue weighted by atomic mass is 16.4. The fourth-order valence-corrected chi connectivity index (χ4v) is 3.73. The van der Waals surface area contributed by atoms with E-state index in [1.165, 1.54) is 0 Å². The number of hydrogen-bond donors (Lipinski definition) is 1. The summed E-state index contributed by atoms with van der Waals surface area (Å²) in [6.07, 6.45) is 3.59. The van der Waals surface area contributed by atoms with E-state index in [0.717, 1.165) is 49.2 Å². The Morgan fingerprint density at radius 3 is 3.04 bits per heavy atom. The lowest BCUT2D eigenvalue weighted by molar-refractivity contribution is 0.0693. The van der Waals surface area contributed by atoms with Crippen molar-refractivity contribution >= 4 is 16.9 Å². The van der Waals surface area contributed by atoms with Gasteiger partial charge in [-0.1, -0.05) is 18.2 Å². The smallest absolute Gasteiger partial charge is 0.339 e. The fourth-order valence-electron chi connectivity index (χ4n) is 3.73. The third-order valence-electron chi connectivity index (χ3n) is 4.84. The van der Waals surface area contributed by atoms with E-state index in [1.807, 2.05) is 24.3 Å².